The molecule has 39 heavy (non-hydrogen) atoms. The van der Waals surface area contributed by atoms with Crippen LogP contribution < -0.4 is 10.6 Å². The van der Waals surface area contributed by atoms with Crippen molar-refractivity contribution in [1.82, 2.24) is 24.8 Å². The van der Waals surface area contributed by atoms with E-state index in [1.54, 1.807) is 11.1 Å². The van der Waals surface area contributed by atoms with Crippen LogP contribution in [0.15, 0.2) is 60.0 Å². The zero-order valence-corrected chi connectivity index (χ0v) is 22.6. The van der Waals surface area contributed by atoms with Crippen LogP contribution in [0.1, 0.15) is 36.4 Å². The zero-order valence-electron chi connectivity index (χ0n) is 21.8. The third kappa shape index (κ3) is 5.42. The van der Waals surface area contributed by atoms with E-state index in [0.717, 1.165) is 48.1 Å². The van der Waals surface area contributed by atoms with Gasteiger partial charge >= 0.3 is 0 Å². The number of aromatic nitrogens is 3. The number of likely N-dealkylation sites (tertiary alicyclic amines) is 1. The normalized spacial score (nSPS) is 19.6. The number of nitrogens with one attached hydrogen (secondary N) is 2. The summed E-state index contributed by atoms with van der Waals surface area (Å²) in [6, 6.07) is 8.46. The Bertz CT molecular complexity index is 1490. The first-order chi connectivity index (χ1) is 18.9. The quantitative estimate of drug-likeness (QED) is 0.468. The molecule has 2 saturated heterocycles. The lowest BCUT2D eigenvalue weighted by Crippen LogP contribution is -2.37. The predicted molar refractivity (Wildman–Crippen MR) is 149 cm³/mol. The number of anilines is 1. The second-order valence-electron chi connectivity index (χ2n) is 10.4. The lowest BCUT2D eigenvalue weighted by atomic mass is 9.89. The minimum Gasteiger partial charge on any atom is -0.381 e. The number of halogens is 1. The van der Waals surface area contributed by atoms with Crippen molar-refractivity contribution in [3.63, 3.8) is 0 Å². The molecular formula is C29H31ClN6O3. The van der Waals surface area contributed by atoms with Crippen molar-refractivity contribution in [1.29, 1.82) is 0 Å². The van der Waals surface area contributed by atoms with Gasteiger partial charge in [0.2, 0.25) is 11.9 Å². The molecule has 1 atom stereocenters. The SMILES string of the molecule is Cn1ccc2ccc(CNC(=O)CN3CC4=CCC(c5nc(NC6CCOCC6)ncc5Cl)C=C4C3=O)cc21. The van der Waals surface area contributed by atoms with Crippen LogP contribution in [0.2, 0.25) is 5.02 Å². The Hall–Kier alpha value is -3.69. The number of hydrogen-bond donors (Lipinski definition) is 2. The van der Waals surface area contributed by atoms with Gasteiger partial charge in [0.25, 0.3) is 5.91 Å². The Balaban J connectivity index is 1.09. The molecule has 0 saturated carbocycles. The molecule has 1 unspecified atom stereocenters. The zero-order chi connectivity index (χ0) is 26.9. The maximum Gasteiger partial charge on any atom is 0.254 e. The Morgan fingerprint density at radius 1 is 1.23 bits per heavy atom. The molecule has 4 heterocycles. The van der Waals surface area contributed by atoms with E-state index in [9.17, 15) is 9.59 Å². The molecule has 10 heteroatoms. The van der Waals surface area contributed by atoms with Gasteiger partial charge in [-0.15, -0.1) is 0 Å². The number of ether oxygens (including phenoxy) is 1. The second-order valence-corrected chi connectivity index (χ2v) is 10.8. The molecule has 9 nitrogen and oxygen atoms in total. The van der Waals surface area contributed by atoms with E-state index < -0.39 is 0 Å². The number of carbonyl (C=O) groups excluding carboxylic acids is 2. The number of benzene rings is 1. The number of allylic oxidation sites excluding steroid dienone is 2. The van der Waals surface area contributed by atoms with Crippen molar-refractivity contribution in [3.05, 3.63) is 76.2 Å². The van der Waals surface area contributed by atoms with Crippen molar-refractivity contribution in [3.8, 4) is 0 Å². The van der Waals surface area contributed by atoms with Crippen LogP contribution in [0.4, 0.5) is 5.95 Å². The summed E-state index contributed by atoms with van der Waals surface area (Å²) >= 11 is 6.50. The second kappa shape index (κ2) is 10.8. The molecule has 2 amide bonds. The van der Waals surface area contributed by atoms with Gasteiger partial charge in [-0.1, -0.05) is 35.9 Å². The molecule has 202 valence electrons. The number of rotatable bonds is 7. The van der Waals surface area contributed by atoms with Crippen LogP contribution in [0, 0.1) is 0 Å². The van der Waals surface area contributed by atoms with Gasteiger partial charge in [-0.3, -0.25) is 9.59 Å². The topological polar surface area (TPSA) is 101 Å². The number of hydrogen-bond acceptors (Lipinski definition) is 6. The summed E-state index contributed by atoms with van der Waals surface area (Å²) in [5.74, 6) is 0.0721. The third-order valence-corrected chi connectivity index (χ3v) is 7.96. The van der Waals surface area contributed by atoms with Gasteiger partial charge in [-0.05, 0) is 47.9 Å². The van der Waals surface area contributed by atoms with Crippen LogP contribution in [-0.2, 0) is 27.9 Å². The van der Waals surface area contributed by atoms with Crippen molar-refractivity contribution < 1.29 is 14.3 Å². The van der Waals surface area contributed by atoms with Crippen LogP contribution in [-0.4, -0.2) is 63.6 Å². The highest BCUT2D eigenvalue weighted by atomic mass is 35.5. The molecule has 2 aromatic heterocycles. The average Bonchev–Trinajstić information content (AvgIpc) is 3.47. The fraction of sp³-hybridized carbons (Fsp3) is 0.379. The highest BCUT2D eigenvalue weighted by molar-refractivity contribution is 6.31. The highest BCUT2D eigenvalue weighted by Crippen LogP contribution is 2.37. The van der Waals surface area contributed by atoms with E-state index >= 15 is 0 Å². The lowest BCUT2D eigenvalue weighted by molar-refractivity contribution is -0.131. The molecule has 2 aliphatic heterocycles. The van der Waals surface area contributed by atoms with Crippen LogP contribution in [0.25, 0.3) is 10.9 Å². The van der Waals surface area contributed by atoms with Crippen molar-refractivity contribution >= 4 is 40.3 Å². The molecule has 1 aromatic carbocycles. The molecule has 0 radical (unpaired) electrons. The van der Waals surface area contributed by atoms with Gasteiger partial charge in [0, 0.05) is 62.6 Å². The number of aryl methyl sites for hydroxylation is 1. The summed E-state index contributed by atoms with van der Waals surface area (Å²) in [7, 11) is 2.00. The van der Waals surface area contributed by atoms with E-state index in [0.29, 0.717) is 41.7 Å². The van der Waals surface area contributed by atoms with E-state index in [-0.39, 0.29) is 30.3 Å². The van der Waals surface area contributed by atoms with Gasteiger partial charge in [-0.2, -0.15) is 0 Å². The van der Waals surface area contributed by atoms with Gasteiger partial charge in [0.15, 0.2) is 0 Å². The van der Waals surface area contributed by atoms with Crippen LogP contribution in [0.5, 0.6) is 0 Å². The first kappa shape index (κ1) is 25.6. The minimum atomic E-state index is -0.186. The monoisotopic (exact) mass is 546 g/mol. The van der Waals surface area contributed by atoms with Crippen LogP contribution in [0.3, 0.4) is 0 Å². The maximum absolute atomic E-state index is 13.2. The fourth-order valence-corrected chi connectivity index (χ4v) is 5.69. The molecule has 1 aliphatic carbocycles. The summed E-state index contributed by atoms with van der Waals surface area (Å²) in [6.07, 6.45) is 10.1. The molecule has 2 fully saturated rings. The van der Waals surface area contributed by atoms with E-state index in [2.05, 4.69) is 44.5 Å². The van der Waals surface area contributed by atoms with E-state index in [4.69, 9.17) is 21.3 Å². The first-order valence-electron chi connectivity index (χ1n) is 13.3. The minimum absolute atomic E-state index is 0.0119. The third-order valence-electron chi connectivity index (χ3n) is 7.66. The summed E-state index contributed by atoms with van der Waals surface area (Å²) < 4.78 is 7.48. The summed E-state index contributed by atoms with van der Waals surface area (Å²) in [6.45, 7) is 2.29. The van der Waals surface area contributed by atoms with Gasteiger partial charge in [0.1, 0.15) is 6.54 Å². The van der Waals surface area contributed by atoms with Crippen molar-refractivity contribution in [2.24, 2.45) is 7.05 Å². The summed E-state index contributed by atoms with van der Waals surface area (Å²) in [5.41, 5.74) is 4.40. The maximum atomic E-state index is 13.2. The van der Waals surface area contributed by atoms with Crippen LogP contribution >= 0.6 is 11.6 Å². The number of nitrogens with zero attached hydrogens (tertiary/aromatic N) is 4. The van der Waals surface area contributed by atoms with Gasteiger partial charge in [-0.25, -0.2) is 9.97 Å². The molecule has 2 N–H and O–H groups in total. The Morgan fingerprint density at radius 3 is 2.92 bits per heavy atom. The van der Waals surface area contributed by atoms with E-state index in [1.165, 1.54) is 0 Å². The predicted octanol–water partition coefficient (Wildman–Crippen LogP) is 3.71. The molecule has 6 rings (SSSR count). The Kier molecular flexibility index (Phi) is 7.10. The highest BCUT2D eigenvalue weighted by Gasteiger charge is 2.35. The summed E-state index contributed by atoms with van der Waals surface area (Å²) in [4.78, 5) is 36.6. The Morgan fingerprint density at radius 2 is 2.08 bits per heavy atom. The standard InChI is InChI=1S/C29H31ClN6O3/c1-35-9-6-19-3-2-18(12-25(19)35)14-31-26(37)17-36-16-21-5-4-20(13-23(21)28(36)38)27-24(30)15-32-29(34-27)33-22-7-10-39-11-8-22/h2-3,5-6,9,12-13,15,20,22H,4,7-8,10-11,14,16-17H2,1H3,(H,31,37)(H,32,33,34). The van der Waals surface area contributed by atoms with Gasteiger partial charge in [0.05, 0.1) is 16.9 Å². The largest absolute Gasteiger partial charge is 0.381 e. The molecule has 0 spiro atoms. The van der Waals surface area contributed by atoms with E-state index in [1.807, 2.05) is 25.4 Å². The van der Waals surface area contributed by atoms with Crippen molar-refractivity contribution in [2.45, 2.75) is 37.8 Å². The fourth-order valence-electron chi connectivity index (χ4n) is 5.46. The van der Waals surface area contributed by atoms with Gasteiger partial charge < -0.3 is 24.8 Å². The smallest absolute Gasteiger partial charge is 0.254 e. The molecule has 3 aliphatic rings. The molecule has 0 bridgehead atoms. The number of fused-ring (bicyclic) bond motifs is 2. The summed E-state index contributed by atoms with van der Waals surface area (Å²) in [5, 5.41) is 7.98. The first-order valence-corrected chi connectivity index (χ1v) is 13.7. The molecular weight excluding hydrogens is 516 g/mol. The van der Waals surface area contributed by atoms with Crippen molar-refractivity contribution in [2.75, 3.05) is 31.6 Å². The number of amides is 2. The lowest BCUT2D eigenvalue weighted by Gasteiger charge is -2.24. The number of carbonyl (C=O) groups is 2. The average molecular weight is 547 g/mol. The Labute approximate surface area is 231 Å². The molecule has 3 aromatic rings.